The van der Waals surface area contributed by atoms with E-state index in [-0.39, 0.29) is 24.5 Å². The van der Waals surface area contributed by atoms with Gasteiger partial charge in [0.1, 0.15) is 11.9 Å². The average molecular weight is 321 g/mol. The highest BCUT2D eigenvalue weighted by atomic mass is 16.5. The fourth-order valence-electron chi connectivity index (χ4n) is 2.42. The molecular weight excluding hydrogens is 298 g/mol. The van der Waals surface area contributed by atoms with Crippen molar-refractivity contribution in [3.05, 3.63) is 29.8 Å². The highest BCUT2D eigenvalue weighted by Gasteiger charge is 2.27. The van der Waals surface area contributed by atoms with E-state index in [0.717, 1.165) is 18.4 Å². The van der Waals surface area contributed by atoms with Gasteiger partial charge in [-0.15, -0.1) is 0 Å². The van der Waals surface area contributed by atoms with Gasteiger partial charge in [0.25, 0.3) is 0 Å². The van der Waals surface area contributed by atoms with Crippen LogP contribution in [0.3, 0.4) is 0 Å². The first-order valence-electron chi connectivity index (χ1n) is 7.91. The molecule has 2 unspecified atom stereocenters. The summed E-state index contributed by atoms with van der Waals surface area (Å²) in [6.07, 6.45) is 2.10. The smallest absolute Gasteiger partial charge is 0.303 e. The molecular formula is C17H23NO5. The molecule has 1 aliphatic rings. The SMILES string of the molecule is CC1CCC(C(=O)NCc2ccc(OCCCC(=O)O)cc2)O1. The monoisotopic (exact) mass is 321 g/mol. The van der Waals surface area contributed by atoms with Crippen LogP contribution in [0.15, 0.2) is 24.3 Å². The standard InChI is InChI=1S/C17H23NO5/c1-12-4-9-15(23-12)17(21)18-11-13-5-7-14(8-6-13)22-10-2-3-16(19)20/h5-8,12,15H,2-4,9-11H2,1H3,(H,18,21)(H,19,20). The Morgan fingerprint density at radius 3 is 2.65 bits per heavy atom. The highest BCUT2D eigenvalue weighted by Crippen LogP contribution is 2.19. The molecule has 0 aromatic heterocycles. The number of carbonyl (C=O) groups is 2. The molecule has 0 saturated carbocycles. The Morgan fingerprint density at radius 2 is 2.04 bits per heavy atom. The molecule has 1 aliphatic heterocycles. The first-order valence-corrected chi connectivity index (χ1v) is 7.91. The lowest BCUT2D eigenvalue weighted by molar-refractivity contribution is -0.137. The third-order valence-electron chi connectivity index (χ3n) is 3.72. The zero-order chi connectivity index (χ0) is 16.7. The Labute approximate surface area is 135 Å². The van der Waals surface area contributed by atoms with Crippen LogP contribution in [0.5, 0.6) is 5.75 Å². The number of amides is 1. The first-order chi connectivity index (χ1) is 11.0. The Hall–Kier alpha value is -2.08. The lowest BCUT2D eigenvalue weighted by Gasteiger charge is -2.12. The van der Waals surface area contributed by atoms with Gasteiger partial charge in [0, 0.05) is 13.0 Å². The third kappa shape index (κ3) is 5.90. The summed E-state index contributed by atoms with van der Waals surface area (Å²) in [5.41, 5.74) is 0.974. The van der Waals surface area contributed by atoms with E-state index in [1.54, 1.807) is 0 Å². The van der Waals surface area contributed by atoms with Crippen LogP contribution in [0.4, 0.5) is 0 Å². The van der Waals surface area contributed by atoms with Crippen molar-refractivity contribution in [1.82, 2.24) is 5.32 Å². The molecule has 2 atom stereocenters. The minimum absolute atomic E-state index is 0.0663. The van der Waals surface area contributed by atoms with Crippen LogP contribution in [-0.2, 0) is 20.9 Å². The van der Waals surface area contributed by atoms with E-state index >= 15 is 0 Å². The van der Waals surface area contributed by atoms with E-state index in [2.05, 4.69) is 5.32 Å². The van der Waals surface area contributed by atoms with E-state index in [1.165, 1.54) is 0 Å². The number of benzene rings is 1. The summed E-state index contributed by atoms with van der Waals surface area (Å²) in [4.78, 5) is 22.3. The molecule has 1 aromatic rings. The maximum Gasteiger partial charge on any atom is 0.303 e. The number of hydrogen-bond acceptors (Lipinski definition) is 4. The molecule has 6 heteroatoms. The van der Waals surface area contributed by atoms with E-state index in [4.69, 9.17) is 14.6 Å². The van der Waals surface area contributed by atoms with E-state index in [1.807, 2.05) is 31.2 Å². The van der Waals surface area contributed by atoms with Crippen LogP contribution < -0.4 is 10.1 Å². The van der Waals surface area contributed by atoms with Crippen molar-refractivity contribution < 1.29 is 24.2 Å². The average Bonchev–Trinajstić information content (AvgIpc) is 2.97. The van der Waals surface area contributed by atoms with Crippen molar-refractivity contribution in [1.29, 1.82) is 0 Å². The first kappa shape index (κ1) is 17.3. The van der Waals surface area contributed by atoms with Crippen molar-refractivity contribution in [2.45, 2.75) is 51.4 Å². The number of rotatable bonds is 8. The van der Waals surface area contributed by atoms with Crippen molar-refractivity contribution in [3.8, 4) is 5.75 Å². The van der Waals surface area contributed by atoms with Crippen molar-refractivity contribution >= 4 is 11.9 Å². The van der Waals surface area contributed by atoms with Crippen LogP contribution in [0, 0.1) is 0 Å². The van der Waals surface area contributed by atoms with E-state index < -0.39 is 5.97 Å². The van der Waals surface area contributed by atoms with Gasteiger partial charge in [0.05, 0.1) is 12.7 Å². The highest BCUT2D eigenvalue weighted by molar-refractivity contribution is 5.81. The largest absolute Gasteiger partial charge is 0.494 e. The predicted octanol–water partition coefficient (Wildman–Crippen LogP) is 2.11. The number of aliphatic carboxylic acids is 1. The van der Waals surface area contributed by atoms with Gasteiger partial charge >= 0.3 is 5.97 Å². The molecule has 0 bridgehead atoms. The van der Waals surface area contributed by atoms with Crippen LogP contribution in [0.1, 0.15) is 38.2 Å². The molecule has 0 aliphatic carbocycles. The number of ether oxygens (including phenoxy) is 2. The van der Waals surface area contributed by atoms with Gasteiger partial charge in [0.2, 0.25) is 5.91 Å². The van der Waals surface area contributed by atoms with Gasteiger partial charge in [-0.05, 0) is 43.9 Å². The third-order valence-corrected chi connectivity index (χ3v) is 3.72. The fourth-order valence-corrected chi connectivity index (χ4v) is 2.42. The molecule has 1 aromatic carbocycles. The second kappa shape index (κ2) is 8.53. The molecule has 2 rings (SSSR count). The molecule has 23 heavy (non-hydrogen) atoms. The Kier molecular flexibility index (Phi) is 6.40. The summed E-state index contributed by atoms with van der Waals surface area (Å²) in [6.45, 7) is 2.80. The van der Waals surface area contributed by atoms with E-state index in [0.29, 0.717) is 25.3 Å². The molecule has 0 spiro atoms. The number of carboxylic acids is 1. The molecule has 1 saturated heterocycles. The fraction of sp³-hybridized carbons (Fsp3) is 0.529. The van der Waals surface area contributed by atoms with Crippen molar-refractivity contribution in [2.75, 3.05) is 6.61 Å². The van der Waals surface area contributed by atoms with Crippen molar-refractivity contribution in [3.63, 3.8) is 0 Å². The quantitative estimate of drug-likeness (QED) is 0.716. The zero-order valence-electron chi connectivity index (χ0n) is 13.3. The van der Waals surface area contributed by atoms with E-state index in [9.17, 15) is 9.59 Å². The van der Waals surface area contributed by atoms with Gasteiger partial charge in [-0.2, -0.15) is 0 Å². The summed E-state index contributed by atoms with van der Waals surface area (Å²) in [7, 11) is 0. The summed E-state index contributed by atoms with van der Waals surface area (Å²) in [5, 5.41) is 11.4. The van der Waals surface area contributed by atoms with Gasteiger partial charge in [0.15, 0.2) is 0 Å². The van der Waals surface area contributed by atoms with Crippen LogP contribution in [-0.4, -0.2) is 35.8 Å². The zero-order valence-corrected chi connectivity index (χ0v) is 13.3. The second-order valence-electron chi connectivity index (χ2n) is 5.72. The normalized spacial score (nSPS) is 20.2. The number of hydrogen-bond donors (Lipinski definition) is 2. The van der Waals surface area contributed by atoms with Gasteiger partial charge in [-0.3, -0.25) is 9.59 Å². The lowest BCUT2D eigenvalue weighted by atomic mass is 10.2. The maximum absolute atomic E-state index is 12.0. The van der Waals surface area contributed by atoms with Crippen molar-refractivity contribution in [2.24, 2.45) is 0 Å². The molecule has 1 amide bonds. The summed E-state index contributed by atoms with van der Waals surface area (Å²) in [6, 6.07) is 7.39. The molecule has 2 N–H and O–H groups in total. The predicted molar refractivity (Wildman–Crippen MR) is 84.2 cm³/mol. The maximum atomic E-state index is 12.0. The molecule has 1 fully saturated rings. The minimum Gasteiger partial charge on any atom is -0.494 e. The van der Waals surface area contributed by atoms with Gasteiger partial charge in [-0.25, -0.2) is 0 Å². The van der Waals surface area contributed by atoms with Gasteiger partial charge < -0.3 is 19.9 Å². The minimum atomic E-state index is -0.819. The molecule has 1 heterocycles. The Bertz CT molecular complexity index is 528. The Balaban J connectivity index is 1.70. The van der Waals surface area contributed by atoms with Gasteiger partial charge in [-0.1, -0.05) is 12.1 Å². The summed E-state index contributed by atoms with van der Waals surface area (Å²) < 4.78 is 11.0. The molecule has 126 valence electrons. The lowest BCUT2D eigenvalue weighted by Crippen LogP contribution is -2.34. The summed E-state index contributed by atoms with van der Waals surface area (Å²) in [5.74, 6) is -0.193. The van der Waals surface area contributed by atoms with Crippen LogP contribution in [0.2, 0.25) is 0 Å². The summed E-state index contributed by atoms with van der Waals surface area (Å²) >= 11 is 0. The van der Waals surface area contributed by atoms with Crippen LogP contribution >= 0.6 is 0 Å². The topological polar surface area (TPSA) is 84.9 Å². The number of nitrogens with one attached hydrogen (secondary N) is 1. The Morgan fingerprint density at radius 1 is 1.30 bits per heavy atom. The van der Waals surface area contributed by atoms with Crippen LogP contribution in [0.25, 0.3) is 0 Å². The molecule has 0 radical (unpaired) electrons. The number of carboxylic acid groups (broad SMARTS) is 1. The molecule has 6 nitrogen and oxygen atoms in total. The number of carbonyl (C=O) groups excluding carboxylic acids is 1. The second-order valence-corrected chi connectivity index (χ2v) is 5.72.